The summed E-state index contributed by atoms with van der Waals surface area (Å²) in [4.78, 5) is 0. The summed E-state index contributed by atoms with van der Waals surface area (Å²) in [5.41, 5.74) is 5.50. The molecule has 0 aromatic carbocycles. The molecule has 0 aromatic heterocycles. The van der Waals surface area contributed by atoms with Crippen molar-refractivity contribution in [2.24, 2.45) is 11.7 Å². The molecule has 98 valence electrons. The van der Waals surface area contributed by atoms with E-state index in [-0.39, 0.29) is 11.7 Å². The molecule has 0 saturated heterocycles. The molecule has 0 aliphatic heterocycles. The molecule has 0 aliphatic carbocycles. The summed E-state index contributed by atoms with van der Waals surface area (Å²) in [6.45, 7) is 5.78. The second-order valence-electron chi connectivity index (χ2n) is 3.95. The zero-order valence-corrected chi connectivity index (χ0v) is 11.3. The Kier molecular flexibility index (Phi) is 7.91. The fourth-order valence-corrected chi connectivity index (χ4v) is 2.99. The van der Waals surface area contributed by atoms with Crippen LogP contribution in [0.25, 0.3) is 0 Å². The van der Waals surface area contributed by atoms with Crippen molar-refractivity contribution in [1.29, 1.82) is 0 Å². The maximum Gasteiger partial charge on any atom is 0.214 e. The van der Waals surface area contributed by atoms with Crippen LogP contribution in [0.4, 0.5) is 0 Å². The Hall–Kier alpha value is -0.170. The molecule has 0 fully saturated rings. The Morgan fingerprint density at radius 3 is 2.50 bits per heavy atom. The molecule has 0 saturated carbocycles. The van der Waals surface area contributed by atoms with Crippen molar-refractivity contribution in [3.8, 4) is 0 Å². The van der Waals surface area contributed by atoms with E-state index >= 15 is 0 Å². The van der Waals surface area contributed by atoms with Gasteiger partial charge in [-0.3, -0.25) is 0 Å². The Morgan fingerprint density at radius 1 is 1.44 bits per heavy atom. The standard InChI is InChI=1S/C10H24N2O3S/c1-4-12(9-10(2)8-11)16(13,14)7-5-6-15-3/h10H,4-9,11H2,1-3H3. The molecule has 0 amide bonds. The van der Waals surface area contributed by atoms with Crippen molar-refractivity contribution < 1.29 is 13.2 Å². The number of nitrogens with zero attached hydrogens (tertiary/aromatic N) is 1. The van der Waals surface area contributed by atoms with Crippen LogP contribution in [0.15, 0.2) is 0 Å². The summed E-state index contributed by atoms with van der Waals surface area (Å²) in [7, 11) is -1.58. The lowest BCUT2D eigenvalue weighted by atomic mass is 10.2. The molecule has 0 bridgehead atoms. The lowest BCUT2D eigenvalue weighted by Gasteiger charge is -2.23. The molecule has 0 aliphatic rings. The first kappa shape index (κ1) is 15.8. The molecule has 6 heteroatoms. The van der Waals surface area contributed by atoms with Crippen LogP contribution in [-0.4, -0.2) is 51.8 Å². The highest BCUT2D eigenvalue weighted by Crippen LogP contribution is 2.07. The lowest BCUT2D eigenvalue weighted by molar-refractivity contribution is 0.199. The van der Waals surface area contributed by atoms with Crippen molar-refractivity contribution in [2.45, 2.75) is 20.3 Å². The number of nitrogens with two attached hydrogens (primary N) is 1. The van der Waals surface area contributed by atoms with Crippen LogP contribution in [0, 0.1) is 5.92 Å². The van der Waals surface area contributed by atoms with Gasteiger partial charge < -0.3 is 10.5 Å². The molecule has 2 N–H and O–H groups in total. The Balaban J connectivity index is 4.31. The zero-order valence-electron chi connectivity index (χ0n) is 10.5. The van der Waals surface area contributed by atoms with Crippen LogP contribution >= 0.6 is 0 Å². The molecule has 1 atom stereocenters. The van der Waals surface area contributed by atoms with E-state index < -0.39 is 10.0 Å². The third kappa shape index (κ3) is 5.79. The van der Waals surface area contributed by atoms with Gasteiger partial charge in [0.2, 0.25) is 10.0 Å². The summed E-state index contributed by atoms with van der Waals surface area (Å²) >= 11 is 0. The first-order chi connectivity index (χ1) is 7.47. The van der Waals surface area contributed by atoms with Gasteiger partial charge in [0.05, 0.1) is 5.75 Å². The number of rotatable bonds is 9. The quantitative estimate of drug-likeness (QED) is 0.598. The van der Waals surface area contributed by atoms with Crippen molar-refractivity contribution in [3.05, 3.63) is 0 Å². The smallest absolute Gasteiger partial charge is 0.214 e. The SMILES string of the molecule is CCN(CC(C)CN)S(=O)(=O)CCCOC. The number of methoxy groups -OCH3 is 1. The van der Waals surface area contributed by atoms with E-state index in [1.54, 1.807) is 7.11 Å². The van der Waals surface area contributed by atoms with Gasteiger partial charge in [-0.15, -0.1) is 0 Å². The number of ether oxygens (including phenoxy) is 1. The first-order valence-electron chi connectivity index (χ1n) is 5.64. The van der Waals surface area contributed by atoms with Gasteiger partial charge in [0, 0.05) is 26.8 Å². The third-order valence-electron chi connectivity index (χ3n) is 2.41. The van der Waals surface area contributed by atoms with Gasteiger partial charge in [-0.1, -0.05) is 13.8 Å². The Bertz CT molecular complexity index is 267. The van der Waals surface area contributed by atoms with Gasteiger partial charge in [0.15, 0.2) is 0 Å². The lowest BCUT2D eigenvalue weighted by Crippen LogP contribution is -2.38. The third-order valence-corrected chi connectivity index (χ3v) is 4.41. The summed E-state index contributed by atoms with van der Waals surface area (Å²) in [6, 6.07) is 0. The summed E-state index contributed by atoms with van der Waals surface area (Å²) < 4.78 is 30.2. The van der Waals surface area contributed by atoms with E-state index in [2.05, 4.69) is 0 Å². The molecular formula is C10H24N2O3S. The Morgan fingerprint density at radius 2 is 2.06 bits per heavy atom. The van der Waals surface area contributed by atoms with Crippen LogP contribution in [0.3, 0.4) is 0 Å². The fourth-order valence-electron chi connectivity index (χ4n) is 1.38. The van der Waals surface area contributed by atoms with E-state index in [9.17, 15) is 8.42 Å². The van der Waals surface area contributed by atoms with E-state index in [0.29, 0.717) is 32.7 Å². The molecule has 0 heterocycles. The topological polar surface area (TPSA) is 72.6 Å². The summed E-state index contributed by atoms with van der Waals surface area (Å²) in [6.07, 6.45) is 0.534. The highest BCUT2D eigenvalue weighted by atomic mass is 32.2. The van der Waals surface area contributed by atoms with Crippen molar-refractivity contribution in [3.63, 3.8) is 0 Å². The van der Waals surface area contributed by atoms with Gasteiger partial charge in [-0.2, -0.15) is 0 Å². The molecule has 0 spiro atoms. The molecule has 0 radical (unpaired) electrons. The van der Waals surface area contributed by atoms with Crippen LogP contribution in [0.1, 0.15) is 20.3 Å². The maximum absolute atomic E-state index is 11.9. The van der Waals surface area contributed by atoms with E-state index in [4.69, 9.17) is 10.5 Å². The number of hydrogen-bond acceptors (Lipinski definition) is 4. The average Bonchev–Trinajstić information content (AvgIpc) is 2.25. The second-order valence-corrected chi connectivity index (χ2v) is 6.04. The second kappa shape index (κ2) is 8.00. The fraction of sp³-hybridized carbons (Fsp3) is 1.00. The van der Waals surface area contributed by atoms with Crippen LogP contribution < -0.4 is 5.73 Å². The highest BCUT2D eigenvalue weighted by Gasteiger charge is 2.21. The predicted molar refractivity (Wildman–Crippen MR) is 65.7 cm³/mol. The van der Waals surface area contributed by atoms with Gasteiger partial charge in [0.1, 0.15) is 0 Å². The van der Waals surface area contributed by atoms with Crippen LogP contribution in [0.2, 0.25) is 0 Å². The van der Waals surface area contributed by atoms with E-state index in [1.165, 1.54) is 4.31 Å². The average molecular weight is 252 g/mol. The van der Waals surface area contributed by atoms with Gasteiger partial charge in [-0.25, -0.2) is 12.7 Å². The van der Waals surface area contributed by atoms with Gasteiger partial charge >= 0.3 is 0 Å². The molecule has 0 aromatic rings. The zero-order chi connectivity index (χ0) is 12.6. The minimum atomic E-state index is -3.15. The first-order valence-corrected chi connectivity index (χ1v) is 7.25. The number of hydrogen-bond donors (Lipinski definition) is 1. The molecule has 1 unspecified atom stereocenters. The number of sulfonamides is 1. The molecule has 16 heavy (non-hydrogen) atoms. The monoisotopic (exact) mass is 252 g/mol. The van der Waals surface area contributed by atoms with Crippen molar-refractivity contribution in [1.82, 2.24) is 4.31 Å². The largest absolute Gasteiger partial charge is 0.385 e. The molecule has 5 nitrogen and oxygen atoms in total. The summed E-state index contributed by atoms with van der Waals surface area (Å²) in [5, 5.41) is 0. The van der Waals surface area contributed by atoms with Crippen LogP contribution in [0.5, 0.6) is 0 Å². The normalized spacial score (nSPS) is 14.3. The maximum atomic E-state index is 11.9. The predicted octanol–water partition coefficient (Wildman–Crippen LogP) is 0.269. The van der Waals surface area contributed by atoms with Crippen LogP contribution in [-0.2, 0) is 14.8 Å². The van der Waals surface area contributed by atoms with E-state index in [0.717, 1.165) is 0 Å². The molecular weight excluding hydrogens is 228 g/mol. The van der Waals surface area contributed by atoms with Crippen molar-refractivity contribution in [2.75, 3.05) is 39.1 Å². The minimum Gasteiger partial charge on any atom is -0.385 e. The van der Waals surface area contributed by atoms with Gasteiger partial charge in [-0.05, 0) is 18.9 Å². The van der Waals surface area contributed by atoms with Crippen molar-refractivity contribution >= 4 is 10.0 Å². The Labute approximate surface area is 99.0 Å². The van der Waals surface area contributed by atoms with Gasteiger partial charge in [0.25, 0.3) is 0 Å². The molecule has 0 rings (SSSR count). The minimum absolute atomic E-state index is 0.145. The van der Waals surface area contributed by atoms with E-state index in [1.807, 2.05) is 13.8 Å². The summed E-state index contributed by atoms with van der Waals surface area (Å²) in [5.74, 6) is 0.337. The highest BCUT2D eigenvalue weighted by molar-refractivity contribution is 7.89.